The number of ether oxygens (including phenoxy) is 1. The maximum absolute atomic E-state index is 13.8. The molecule has 2 atom stereocenters. The van der Waals surface area contributed by atoms with Gasteiger partial charge in [-0.2, -0.15) is 5.26 Å². The first-order chi connectivity index (χ1) is 16.2. The molecule has 9 nitrogen and oxygen atoms in total. The zero-order valence-electron chi connectivity index (χ0n) is 19.4. The van der Waals surface area contributed by atoms with E-state index in [0.717, 1.165) is 0 Å². The van der Waals surface area contributed by atoms with Crippen molar-refractivity contribution < 1.29 is 14.3 Å². The van der Waals surface area contributed by atoms with Gasteiger partial charge in [-0.15, -0.1) is 0 Å². The second-order valence-electron chi connectivity index (χ2n) is 9.37. The summed E-state index contributed by atoms with van der Waals surface area (Å²) in [5.74, 6) is -0.259. The van der Waals surface area contributed by atoms with Crippen LogP contribution in [0.3, 0.4) is 0 Å². The highest BCUT2D eigenvalue weighted by molar-refractivity contribution is 5.87. The monoisotopic (exact) mass is 461 g/mol. The van der Waals surface area contributed by atoms with Crippen molar-refractivity contribution in [3.63, 3.8) is 0 Å². The fourth-order valence-electron chi connectivity index (χ4n) is 4.21. The van der Waals surface area contributed by atoms with Gasteiger partial charge in [-0.3, -0.25) is 9.36 Å². The minimum absolute atomic E-state index is 0.250. The van der Waals surface area contributed by atoms with E-state index in [1.165, 1.54) is 4.57 Å². The van der Waals surface area contributed by atoms with Crippen LogP contribution in [-0.4, -0.2) is 51.2 Å². The predicted octanol–water partition coefficient (Wildman–Crippen LogP) is 2.92. The molecule has 1 aromatic heterocycles. The molecule has 0 bridgehead atoms. The minimum atomic E-state index is -0.920. The zero-order chi connectivity index (χ0) is 24.5. The molecule has 0 saturated carbocycles. The number of aromatic nitrogens is 2. The molecular formula is C25H27N5O4. The largest absolute Gasteiger partial charge is 0.444 e. The van der Waals surface area contributed by atoms with Crippen LogP contribution in [-0.2, 0) is 9.53 Å². The summed E-state index contributed by atoms with van der Waals surface area (Å²) in [5, 5.41) is 12.2. The summed E-state index contributed by atoms with van der Waals surface area (Å²) in [7, 11) is 0. The number of hydrogen-bond donors (Lipinski definition) is 2. The fourth-order valence-corrected chi connectivity index (χ4v) is 4.21. The highest BCUT2D eigenvalue weighted by Crippen LogP contribution is 2.26. The van der Waals surface area contributed by atoms with E-state index in [1.807, 2.05) is 18.2 Å². The molecule has 2 aromatic carbocycles. The van der Waals surface area contributed by atoms with Gasteiger partial charge in [0.05, 0.1) is 28.7 Å². The number of aromatic amines is 1. The fraction of sp³-hybridized carbons (Fsp3) is 0.360. The summed E-state index contributed by atoms with van der Waals surface area (Å²) in [6.45, 7) is 6.11. The molecule has 3 aromatic rings. The summed E-state index contributed by atoms with van der Waals surface area (Å²) in [4.78, 5) is 43.4. The number of benzene rings is 2. The Hall–Kier alpha value is -4.06. The molecule has 9 heteroatoms. The molecule has 1 unspecified atom stereocenters. The molecule has 2 amide bonds. The van der Waals surface area contributed by atoms with Crippen LogP contribution in [0, 0.1) is 11.3 Å². The lowest BCUT2D eigenvalue weighted by Crippen LogP contribution is -2.43. The third kappa shape index (κ3) is 4.81. The molecule has 2 N–H and O–H groups in total. The Balaban J connectivity index is 1.65. The number of nitriles is 1. The summed E-state index contributed by atoms with van der Waals surface area (Å²) < 4.78 is 6.73. The van der Waals surface area contributed by atoms with Crippen molar-refractivity contribution in [3.8, 4) is 6.07 Å². The third-order valence-electron chi connectivity index (χ3n) is 5.67. The molecule has 1 fully saturated rings. The number of carbonyl (C=O) groups excluding carboxylic acids is 2. The average Bonchev–Trinajstić information content (AvgIpc) is 3.37. The smallest absolute Gasteiger partial charge is 0.407 e. The van der Waals surface area contributed by atoms with Crippen molar-refractivity contribution in [2.24, 2.45) is 0 Å². The van der Waals surface area contributed by atoms with E-state index in [1.54, 1.807) is 56.0 Å². The average molecular weight is 462 g/mol. The van der Waals surface area contributed by atoms with Crippen molar-refractivity contribution >= 4 is 23.0 Å². The SMILES string of the molecule is CC(C)(C)OC(=O)N[C@H]1CCN(C(=O)C(c2ccccc2)n2c(=O)[nH]c3ccc(C#N)cc32)C1. The first-order valence-corrected chi connectivity index (χ1v) is 11.1. The van der Waals surface area contributed by atoms with E-state index in [-0.39, 0.29) is 11.9 Å². The van der Waals surface area contributed by atoms with Crippen molar-refractivity contribution in [1.29, 1.82) is 5.26 Å². The molecule has 4 rings (SSSR count). The number of nitrogens with one attached hydrogen (secondary N) is 2. The molecule has 34 heavy (non-hydrogen) atoms. The third-order valence-corrected chi connectivity index (χ3v) is 5.67. The number of imidazole rings is 1. The maximum atomic E-state index is 13.8. The number of fused-ring (bicyclic) bond motifs is 1. The topological polar surface area (TPSA) is 120 Å². The summed E-state index contributed by atoms with van der Waals surface area (Å²) in [5.41, 5.74) is 1.02. The van der Waals surface area contributed by atoms with Gasteiger partial charge in [-0.1, -0.05) is 30.3 Å². The lowest BCUT2D eigenvalue weighted by atomic mass is 10.0. The van der Waals surface area contributed by atoms with Gasteiger partial charge in [0.15, 0.2) is 0 Å². The molecule has 0 spiro atoms. The Kier molecular flexibility index (Phi) is 6.16. The number of alkyl carbamates (subject to hydrolysis) is 1. The van der Waals surface area contributed by atoms with Gasteiger partial charge in [-0.25, -0.2) is 9.59 Å². The van der Waals surface area contributed by atoms with Crippen LogP contribution in [0.2, 0.25) is 0 Å². The first kappa shape index (κ1) is 23.1. The maximum Gasteiger partial charge on any atom is 0.407 e. The van der Waals surface area contributed by atoms with E-state index in [2.05, 4.69) is 16.4 Å². The van der Waals surface area contributed by atoms with E-state index >= 15 is 0 Å². The van der Waals surface area contributed by atoms with Crippen LogP contribution >= 0.6 is 0 Å². The van der Waals surface area contributed by atoms with Crippen LogP contribution in [0.15, 0.2) is 53.3 Å². The van der Waals surface area contributed by atoms with Crippen LogP contribution in [0.25, 0.3) is 11.0 Å². The Morgan fingerprint density at radius 1 is 1.21 bits per heavy atom. The second kappa shape index (κ2) is 9.06. The number of likely N-dealkylation sites (tertiary alicyclic amines) is 1. The number of nitrogens with zero attached hydrogens (tertiary/aromatic N) is 3. The minimum Gasteiger partial charge on any atom is -0.444 e. The Morgan fingerprint density at radius 3 is 2.62 bits per heavy atom. The Labute approximate surface area is 196 Å². The molecule has 0 aliphatic carbocycles. The number of carbonyl (C=O) groups is 2. The second-order valence-corrected chi connectivity index (χ2v) is 9.37. The molecule has 1 aliphatic rings. The molecule has 176 valence electrons. The van der Waals surface area contributed by atoms with Crippen molar-refractivity contribution in [1.82, 2.24) is 19.8 Å². The van der Waals surface area contributed by atoms with Crippen LogP contribution in [0.5, 0.6) is 0 Å². The van der Waals surface area contributed by atoms with Crippen LogP contribution < -0.4 is 11.0 Å². The van der Waals surface area contributed by atoms with E-state index in [4.69, 9.17) is 4.74 Å². The molecule has 1 aliphatic heterocycles. The normalized spacial score (nSPS) is 16.8. The first-order valence-electron chi connectivity index (χ1n) is 11.1. The number of hydrogen-bond acceptors (Lipinski definition) is 5. The van der Waals surface area contributed by atoms with Crippen LogP contribution in [0.4, 0.5) is 4.79 Å². The van der Waals surface area contributed by atoms with Crippen LogP contribution in [0.1, 0.15) is 44.4 Å². The van der Waals surface area contributed by atoms with Gasteiger partial charge >= 0.3 is 11.8 Å². The number of rotatable bonds is 4. The van der Waals surface area contributed by atoms with Gasteiger partial charge in [0.25, 0.3) is 5.91 Å². The van der Waals surface area contributed by atoms with E-state index < -0.39 is 23.4 Å². The zero-order valence-corrected chi connectivity index (χ0v) is 19.4. The lowest BCUT2D eigenvalue weighted by molar-refractivity contribution is -0.132. The van der Waals surface area contributed by atoms with E-state index in [9.17, 15) is 19.6 Å². The summed E-state index contributed by atoms with van der Waals surface area (Å²) in [6, 6.07) is 14.9. The lowest BCUT2D eigenvalue weighted by Gasteiger charge is -2.25. The summed E-state index contributed by atoms with van der Waals surface area (Å²) >= 11 is 0. The van der Waals surface area contributed by atoms with Gasteiger partial charge in [0.1, 0.15) is 11.6 Å². The number of amides is 2. The molecule has 0 radical (unpaired) electrons. The quantitative estimate of drug-likeness (QED) is 0.619. The standard InChI is InChI=1S/C25H27N5O4/c1-25(2,3)34-24(33)27-18-11-12-29(15-18)22(31)21(17-7-5-4-6-8-17)30-20-13-16(14-26)9-10-19(20)28-23(30)32/h4-10,13,18,21H,11-12,15H2,1-3H3,(H,27,33)(H,28,32)/t18-,21?/m0/s1. The Morgan fingerprint density at radius 2 is 1.94 bits per heavy atom. The molecule has 2 heterocycles. The van der Waals surface area contributed by atoms with Gasteiger partial charge < -0.3 is 19.9 Å². The van der Waals surface area contributed by atoms with E-state index in [0.29, 0.717) is 41.7 Å². The molecule has 1 saturated heterocycles. The van der Waals surface area contributed by atoms with Crippen molar-refractivity contribution in [2.75, 3.05) is 13.1 Å². The van der Waals surface area contributed by atoms with Crippen molar-refractivity contribution in [2.45, 2.75) is 44.9 Å². The van der Waals surface area contributed by atoms with Gasteiger partial charge in [0.2, 0.25) is 0 Å². The van der Waals surface area contributed by atoms with Gasteiger partial charge in [0, 0.05) is 13.1 Å². The Bertz CT molecular complexity index is 1310. The predicted molar refractivity (Wildman–Crippen MR) is 126 cm³/mol. The highest BCUT2D eigenvalue weighted by Gasteiger charge is 2.35. The number of H-pyrrole nitrogens is 1. The van der Waals surface area contributed by atoms with Crippen molar-refractivity contribution in [3.05, 3.63) is 70.1 Å². The highest BCUT2D eigenvalue weighted by atomic mass is 16.6. The van der Waals surface area contributed by atoms with Gasteiger partial charge in [-0.05, 0) is 51.0 Å². The summed E-state index contributed by atoms with van der Waals surface area (Å²) in [6.07, 6.45) is 0.0525. The molecular weight excluding hydrogens is 434 g/mol.